The predicted molar refractivity (Wildman–Crippen MR) is 248 cm³/mol. The molecule has 3 atom stereocenters. The number of carbonyl (C=O) groups excluding carboxylic acids is 4. The van der Waals surface area contributed by atoms with Crippen LogP contribution in [0.25, 0.3) is 33.3 Å². The van der Waals surface area contributed by atoms with Gasteiger partial charge in [-0.2, -0.15) is 0 Å². The van der Waals surface area contributed by atoms with Gasteiger partial charge in [-0.25, -0.2) is 14.2 Å². The van der Waals surface area contributed by atoms with Crippen LogP contribution in [-0.4, -0.2) is 116 Å². The summed E-state index contributed by atoms with van der Waals surface area (Å²) in [7, 11) is 3.18. The second-order valence-corrected chi connectivity index (χ2v) is 18.4. The number of pyridine rings is 1. The molecule has 3 amide bonds. The van der Waals surface area contributed by atoms with E-state index in [1.807, 2.05) is 59.0 Å². The molecular formula is C49H66F2N8O6. The van der Waals surface area contributed by atoms with Crippen molar-refractivity contribution in [2.45, 2.75) is 98.4 Å². The van der Waals surface area contributed by atoms with Crippen LogP contribution in [0.3, 0.4) is 0 Å². The zero-order chi connectivity index (χ0) is 47.0. The molecule has 65 heavy (non-hydrogen) atoms. The van der Waals surface area contributed by atoms with Gasteiger partial charge in [0.2, 0.25) is 12.3 Å². The summed E-state index contributed by atoms with van der Waals surface area (Å²) in [5.74, 6) is -1.17. The number of nitrogens with one attached hydrogen (secondary N) is 3. The fraction of sp³-hybridized carbons (Fsp3) is 0.531. The van der Waals surface area contributed by atoms with Crippen LogP contribution in [0.1, 0.15) is 89.3 Å². The van der Waals surface area contributed by atoms with E-state index in [4.69, 9.17) is 14.5 Å². The Balaban J connectivity index is 1.51. The van der Waals surface area contributed by atoms with Gasteiger partial charge in [0.05, 0.1) is 36.0 Å². The number of hydrogen-bond acceptors (Lipinski definition) is 10. The number of ether oxygens (including phenoxy) is 2. The van der Waals surface area contributed by atoms with Gasteiger partial charge in [0.15, 0.2) is 0 Å². The lowest BCUT2D eigenvalue weighted by Gasteiger charge is -2.33. The number of benzene rings is 2. The van der Waals surface area contributed by atoms with Crippen LogP contribution in [0, 0.1) is 11.3 Å². The van der Waals surface area contributed by atoms with Gasteiger partial charge in [0.25, 0.3) is 18.8 Å². The third-order valence-electron chi connectivity index (χ3n) is 12.6. The molecule has 6 rings (SSSR count). The molecule has 352 valence electrons. The summed E-state index contributed by atoms with van der Waals surface area (Å²) < 4.78 is 43.3. The van der Waals surface area contributed by atoms with E-state index in [0.29, 0.717) is 55.6 Å². The van der Waals surface area contributed by atoms with E-state index in [-0.39, 0.29) is 30.6 Å². The lowest BCUT2D eigenvalue weighted by molar-refractivity contribution is -0.142. The number of halogens is 2. The Morgan fingerprint density at radius 3 is 2.38 bits per heavy atom. The van der Waals surface area contributed by atoms with Crippen LogP contribution in [0.5, 0.6) is 0 Å². The Bertz CT molecular complexity index is 2310. The first-order valence-electron chi connectivity index (χ1n) is 22.7. The van der Waals surface area contributed by atoms with Crippen molar-refractivity contribution in [2.75, 3.05) is 64.9 Å². The van der Waals surface area contributed by atoms with Crippen LogP contribution in [0.15, 0.2) is 48.7 Å². The van der Waals surface area contributed by atoms with E-state index in [9.17, 15) is 28.0 Å². The van der Waals surface area contributed by atoms with Crippen molar-refractivity contribution >= 4 is 41.3 Å². The van der Waals surface area contributed by atoms with Gasteiger partial charge < -0.3 is 34.5 Å². The maximum absolute atomic E-state index is 14.9. The molecule has 2 fully saturated rings. The molecule has 3 N–H and O–H groups in total. The number of hydrogen-bond donors (Lipinski definition) is 3. The monoisotopic (exact) mass is 901 g/mol. The quantitative estimate of drug-likeness (QED) is 0.0845. The first-order chi connectivity index (χ1) is 31.1. The Kier molecular flexibility index (Phi) is 16.4. The molecule has 4 aromatic rings. The molecule has 0 bridgehead atoms. The molecular weight excluding hydrogens is 835 g/mol. The zero-order valence-corrected chi connectivity index (χ0v) is 39.1. The number of hydrazine groups is 1. The van der Waals surface area contributed by atoms with Crippen molar-refractivity contribution in [1.82, 2.24) is 35.5 Å². The van der Waals surface area contributed by atoms with Crippen LogP contribution in [0.4, 0.5) is 14.5 Å². The highest BCUT2D eigenvalue weighted by atomic mass is 19.3. The van der Waals surface area contributed by atoms with Crippen molar-refractivity contribution < 1.29 is 37.4 Å². The largest absolute Gasteiger partial charge is 0.467 e. The Morgan fingerprint density at radius 1 is 1.00 bits per heavy atom. The van der Waals surface area contributed by atoms with E-state index < -0.39 is 35.7 Å². The number of fused-ring (bicyclic) bond motifs is 1. The minimum absolute atomic E-state index is 0.0718. The molecule has 2 saturated heterocycles. The summed E-state index contributed by atoms with van der Waals surface area (Å²) in [5, 5.41) is 8.71. The fourth-order valence-electron chi connectivity index (χ4n) is 9.30. The summed E-state index contributed by atoms with van der Waals surface area (Å²) in [6.07, 6.45) is 1.39. The lowest BCUT2D eigenvalue weighted by Crippen LogP contribution is -2.58. The standard InChI is InChI=1S/C49H66F2N8O6/c1-9-58-42-13-12-34(24-38(42)40(26-49(5,6)28-65-30-61)45(58)39-25-37(57-18-15-52-16-19-57)27-53-43(39)32(4)64-8)35-20-33(21-36(23-35)46(50)51)22-41(48(63)59-17-11-10-14-54-59)55-47(62)44(31(2)3)56(7)29-60/h12-13,20-21,23-25,27,29-32,41,44,46,52,54H,9-11,14-19,22,26,28H2,1-8H3,(H,55,62). The summed E-state index contributed by atoms with van der Waals surface area (Å²) >= 11 is 0. The second kappa shape index (κ2) is 21.7. The number of aromatic nitrogens is 2. The molecule has 0 saturated carbocycles. The van der Waals surface area contributed by atoms with Crippen molar-refractivity contribution in [3.8, 4) is 22.4 Å². The number of methoxy groups -OCH3 is 1. The van der Waals surface area contributed by atoms with E-state index >= 15 is 0 Å². The molecule has 2 aliphatic rings. The molecule has 0 spiro atoms. The SMILES string of the molecule is CCn1c(-c2cc(N3CCNCC3)cnc2C(C)OC)c(CC(C)(C)COC=O)c2cc(-c3cc(CC(NC(=O)C(C(C)C)N(C)C=O)C(=O)N4CCCCN4)cc(C(F)F)c3)ccc21. The number of nitrogens with zero attached hydrogens (tertiary/aromatic N) is 5. The third kappa shape index (κ3) is 11.3. The number of piperazine rings is 1. The fourth-order valence-corrected chi connectivity index (χ4v) is 9.30. The van der Waals surface area contributed by atoms with Crippen LogP contribution in [-0.2, 0) is 48.0 Å². The van der Waals surface area contributed by atoms with Gasteiger partial charge in [0.1, 0.15) is 12.1 Å². The highest BCUT2D eigenvalue weighted by Gasteiger charge is 2.34. The summed E-state index contributed by atoms with van der Waals surface area (Å²) in [6, 6.07) is 10.9. The minimum Gasteiger partial charge on any atom is -0.467 e. The van der Waals surface area contributed by atoms with E-state index in [1.54, 1.807) is 13.2 Å². The molecule has 3 unspecified atom stereocenters. The predicted octanol–water partition coefficient (Wildman–Crippen LogP) is 6.45. The number of alkyl halides is 2. The molecule has 0 aliphatic carbocycles. The topological polar surface area (TPSA) is 150 Å². The van der Waals surface area contributed by atoms with Gasteiger partial charge in [-0.05, 0) is 85.5 Å². The van der Waals surface area contributed by atoms with Crippen LogP contribution in [0.2, 0.25) is 0 Å². The Hall–Kier alpha value is -5.45. The van der Waals surface area contributed by atoms with Crippen molar-refractivity contribution in [2.24, 2.45) is 11.3 Å². The average molecular weight is 901 g/mol. The van der Waals surface area contributed by atoms with E-state index in [2.05, 4.69) is 38.5 Å². The number of aryl methyl sites for hydroxylation is 1. The van der Waals surface area contributed by atoms with Crippen molar-refractivity contribution in [1.29, 1.82) is 0 Å². The number of carbonyl (C=O) groups is 4. The minimum atomic E-state index is -2.82. The van der Waals surface area contributed by atoms with Crippen LogP contribution < -0.4 is 21.0 Å². The number of likely N-dealkylation sites (N-methyl/N-ethyl adjacent to an activating group) is 1. The second-order valence-electron chi connectivity index (χ2n) is 18.4. The Labute approximate surface area is 381 Å². The molecule has 2 aromatic carbocycles. The van der Waals surface area contributed by atoms with Gasteiger partial charge in [-0.3, -0.25) is 29.2 Å². The van der Waals surface area contributed by atoms with Crippen LogP contribution >= 0.6 is 0 Å². The molecule has 2 aromatic heterocycles. The highest BCUT2D eigenvalue weighted by Crippen LogP contribution is 2.43. The van der Waals surface area contributed by atoms with Crippen molar-refractivity contribution in [3.63, 3.8) is 0 Å². The van der Waals surface area contributed by atoms with Gasteiger partial charge >= 0.3 is 0 Å². The number of anilines is 1. The zero-order valence-electron chi connectivity index (χ0n) is 39.1. The first-order valence-corrected chi connectivity index (χ1v) is 22.7. The molecule has 4 heterocycles. The maximum Gasteiger partial charge on any atom is 0.293 e. The summed E-state index contributed by atoms with van der Waals surface area (Å²) in [4.78, 5) is 59.8. The number of amides is 3. The normalized spacial score (nSPS) is 16.1. The van der Waals surface area contributed by atoms with Gasteiger partial charge in [-0.1, -0.05) is 45.9 Å². The smallest absolute Gasteiger partial charge is 0.293 e. The lowest BCUT2D eigenvalue weighted by atomic mass is 9.84. The van der Waals surface area contributed by atoms with Gasteiger partial charge in [-0.15, -0.1) is 0 Å². The highest BCUT2D eigenvalue weighted by molar-refractivity contribution is 5.96. The molecule has 0 radical (unpaired) electrons. The molecule has 14 nitrogen and oxygen atoms in total. The summed E-state index contributed by atoms with van der Waals surface area (Å²) in [5.41, 5.74) is 9.58. The maximum atomic E-state index is 14.9. The molecule has 2 aliphatic heterocycles. The van der Waals surface area contributed by atoms with Gasteiger partial charge in [0, 0.05) is 93.8 Å². The summed E-state index contributed by atoms with van der Waals surface area (Å²) in [6.45, 7) is 17.4. The third-order valence-corrected chi connectivity index (χ3v) is 12.6. The van der Waals surface area contributed by atoms with E-state index in [1.165, 1.54) is 29.1 Å². The van der Waals surface area contributed by atoms with E-state index in [0.717, 1.165) is 78.1 Å². The molecule has 16 heteroatoms. The first kappa shape index (κ1) is 49.0. The number of rotatable bonds is 20. The van der Waals surface area contributed by atoms with Crippen molar-refractivity contribution in [3.05, 3.63) is 71.0 Å². The Morgan fingerprint density at radius 2 is 1.75 bits per heavy atom. The average Bonchev–Trinajstić information content (AvgIpc) is 3.61.